The monoisotopic (exact) mass is 240 g/mol. The van der Waals surface area contributed by atoms with Crippen molar-refractivity contribution in [2.24, 2.45) is 0 Å². The fraction of sp³-hybridized carbons (Fsp3) is 0.182. The maximum atomic E-state index is 13.5. The Morgan fingerprint density at radius 1 is 1.44 bits per heavy atom. The number of alkyl halides is 1. The molecular formula is C11H10ClFN2O. The van der Waals surface area contributed by atoms with Gasteiger partial charge in [-0.2, -0.15) is 0 Å². The predicted octanol–water partition coefficient (Wildman–Crippen LogP) is 3.61. The lowest BCUT2D eigenvalue weighted by molar-refractivity contribution is 0.375. The molecule has 1 heterocycles. The van der Waals surface area contributed by atoms with Crippen LogP contribution in [0.3, 0.4) is 0 Å². The van der Waals surface area contributed by atoms with E-state index in [1.54, 1.807) is 18.2 Å². The molecule has 5 heteroatoms. The Morgan fingerprint density at radius 2 is 2.19 bits per heavy atom. The molecule has 0 saturated carbocycles. The highest BCUT2D eigenvalue weighted by atomic mass is 35.5. The molecule has 0 fully saturated rings. The zero-order chi connectivity index (χ0) is 11.7. The van der Waals surface area contributed by atoms with Crippen LogP contribution >= 0.6 is 11.6 Å². The van der Waals surface area contributed by atoms with Crippen LogP contribution in [0.5, 0.6) is 0 Å². The highest BCUT2D eigenvalue weighted by Gasteiger charge is 2.18. The molecule has 0 bridgehead atoms. The molecule has 0 spiro atoms. The fourth-order valence-electron chi connectivity index (χ4n) is 1.63. The number of benzene rings is 1. The Hall–Kier alpha value is -1.55. The van der Waals surface area contributed by atoms with E-state index in [2.05, 4.69) is 5.16 Å². The molecule has 3 nitrogen and oxygen atoms in total. The molecule has 0 aliphatic heterocycles. The average molecular weight is 241 g/mol. The van der Waals surface area contributed by atoms with Crippen molar-refractivity contribution in [3.63, 3.8) is 0 Å². The lowest BCUT2D eigenvalue weighted by Gasteiger charge is -2.11. The molecule has 2 N–H and O–H groups in total. The summed E-state index contributed by atoms with van der Waals surface area (Å²) < 4.78 is 18.3. The molecule has 0 aliphatic rings. The minimum absolute atomic E-state index is 0.157. The number of nitrogen functional groups attached to an aromatic ring is 1. The van der Waals surface area contributed by atoms with Gasteiger partial charge in [0.15, 0.2) is 0 Å². The van der Waals surface area contributed by atoms with Crippen molar-refractivity contribution in [2.45, 2.75) is 13.1 Å². The summed E-state index contributed by atoms with van der Waals surface area (Å²) in [5.41, 5.74) is 7.17. The molecule has 2 aromatic rings. The number of nitrogens with two attached hydrogens (primary N) is 1. The standard InChI is InChI=1S/C11H10ClFN2O/c1-6(13)10-7(3-2-4-9(10)12)8-5-15-16-11(8)14/h2-6H,14H2,1H3. The molecule has 1 aromatic carbocycles. The van der Waals surface area contributed by atoms with E-state index < -0.39 is 6.17 Å². The Bertz CT molecular complexity index is 510. The van der Waals surface area contributed by atoms with Crippen molar-refractivity contribution in [2.75, 3.05) is 5.73 Å². The number of rotatable bonds is 2. The lowest BCUT2D eigenvalue weighted by atomic mass is 9.99. The van der Waals surface area contributed by atoms with E-state index in [1.165, 1.54) is 13.1 Å². The normalized spacial score (nSPS) is 12.7. The van der Waals surface area contributed by atoms with Crippen LogP contribution in [0.4, 0.5) is 10.3 Å². The third-order valence-corrected chi connectivity index (χ3v) is 2.67. The summed E-state index contributed by atoms with van der Waals surface area (Å²) in [5, 5.41) is 3.93. The maximum Gasteiger partial charge on any atom is 0.229 e. The number of hydrogen-bond donors (Lipinski definition) is 1. The van der Waals surface area contributed by atoms with Gasteiger partial charge in [-0.25, -0.2) is 4.39 Å². The first-order chi connectivity index (χ1) is 7.61. The van der Waals surface area contributed by atoms with E-state index in [-0.39, 0.29) is 5.88 Å². The Labute approximate surface area is 97.0 Å². The Balaban J connectivity index is 2.66. The minimum Gasteiger partial charge on any atom is -0.367 e. The molecule has 1 unspecified atom stereocenters. The van der Waals surface area contributed by atoms with E-state index in [0.29, 0.717) is 21.7 Å². The molecule has 0 amide bonds. The van der Waals surface area contributed by atoms with Gasteiger partial charge in [-0.1, -0.05) is 28.9 Å². The number of hydrogen-bond acceptors (Lipinski definition) is 3. The van der Waals surface area contributed by atoms with Crippen molar-refractivity contribution >= 4 is 17.5 Å². The van der Waals surface area contributed by atoms with Gasteiger partial charge in [0.2, 0.25) is 5.88 Å². The summed E-state index contributed by atoms with van der Waals surface area (Å²) in [6.07, 6.45) is 0.269. The number of aromatic nitrogens is 1. The molecule has 16 heavy (non-hydrogen) atoms. The summed E-state index contributed by atoms with van der Waals surface area (Å²) in [6, 6.07) is 5.11. The quantitative estimate of drug-likeness (QED) is 0.872. The number of nitrogens with zero attached hydrogens (tertiary/aromatic N) is 1. The van der Waals surface area contributed by atoms with Crippen molar-refractivity contribution in [1.82, 2.24) is 5.16 Å². The number of anilines is 1. The van der Waals surface area contributed by atoms with Crippen LogP contribution in [0.25, 0.3) is 11.1 Å². The smallest absolute Gasteiger partial charge is 0.229 e. The summed E-state index contributed by atoms with van der Waals surface area (Å²) >= 11 is 5.96. The topological polar surface area (TPSA) is 52.0 Å². The molecule has 0 saturated heterocycles. The largest absolute Gasteiger partial charge is 0.367 e. The van der Waals surface area contributed by atoms with E-state index in [1.807, 2.05) is 0 Å². The van der Waals surface area contributed by atoms with Crippen molar-refractivity contribution in [3.05, 3.63) is 35.0 Å². The molecule has 0 radical (unpaired) electrons. The van der Waals surface area contributed by atoms with Crippen molar-refractivity contribution in [1.29, 1.82) is 0 Å². The first-order valence-corrected chi connectivity index (χ1v) is 5.12. The van der Waals surface area contributed by atoms with E-state index in [0.717, 1.165) is 0 Å². The van der Waals surface area contributed by atoms with Crippen LogP contribution in [-0.4, -0.2) is 5.16 Å². The first kappa shape index (κ1) is 11.0. The van der Waals surface area contributed by atoms with Crippen LogP contribution in [0.15, 0.2) is 28.9 Å². The summed E-state index contributed by atoms with van der Waals surface area (Å²) in [4.78, 5) is 0. The van der Waals surface area contributed by atoms with E-state index in [9.17, 15) is 4.39 Å². The SMILES string of the molecule is CC(F)c1c(Cl)cccc1-c1cnoc1N. The summed E-state index contributed by atoms with van der Waals surface area (Å²) in [6.45, 7) is 1.43. The van der Waals surface area contributed by atoms with E-state index >= 15 is 0 Å². The van der Waals surface area contributed by atoms with Gasteiger partial charge < -0.3 is 10.3 Å². The maximum absolute atomic E-state index is 13.5. The molecule has 1 atom stereocenters. The van der Waals surface area contributed by atoms with Crippen LogP contribution in [0.1, 0.15) is 18.7 Å². The molecule has 1 aromatic heterocycles. The van der Waals surface area contributed by atoms with E-state index in [4.69, 9.17) is 21.9 Å². The van der Waals surface area contributed by atoms with Crippen LogP contribution in [0, 0.1) is 0 Å². The lowest BCUT2D eigenvalue weighted by Crippen LogP contribution is -1.94. The third-order valence-electron chi connectivity index (χ3n) is 2.34. The van der Waals surface area contributed by atoms with Crippen LogP contribution in [0.2, 0.25) is 5.02 Å². The van der Waals surface area contributed by atoms with Gasteiger partial charge >= 0.3 is 0 Å². The van der Waals surface area contributed by atoms with Gasteiger partial charge in [-0.05, 0) is 18.6 Å². The van der Waals surface area contributed by atoms with Crippen LogP contribution in [-0.2, 0) is 0 Å². The Kier molecular flexibility index (Phi) is 2.83. The molecule has 84 valence electrons. The van der Waals surface area contributed by atoms with Gasteiger partial charge in [-0.15, -0.1) is 0 Å². The van der Waals surface area contributed by atoms with Gasteiger partial charge in [0.1, 0.15) is 6.17 Å². The molecular weight excluding hydrogens is 231 g/mol. The third kappa shape index (κ3) is 1.76. The summed E-state index contributed by atoms with van der Waals surface area (Å²) in [5.74, 6) is 0.157. The fourth-order valence-corrected chi connectivity index (χ4v) is 1.95. The highest BCUT2D eigenvalue weighted by molar-refractivity contribution is 6.31. The number of halogens is 2. The zero-order valence-corrected chi connectivity index (χ0v) is 9.33. The predicted molar refractivity (Wildman–Crippen MR) is 60.9 cm³/mol. The highest BCUT2D eigenvalue weighted by Crippen LogP contribution is 2.37. The average Bonchev–Trinajstić information content (AvgIpc) is 2.63. The second-order valence-electron chi connectivity index (χ2n) is 3.42. The zero-order valence-electron chi connectivity index (χ0n) is 8.58. The molecule has 2 rings (SSSR count). The second kappa shape index (κ2) is 4.14. The van der Waals surface area contributed by atoms with Crippen LogP contribution < -0.4 is 5.73 Å². The second-order valence-corrected chi connectivity index (χ2v) is 3.83. The Morgan fingerprint density at radius 3 is 2.75 bits per heavy atom. The van der Waals surface area contributed by atoms with Gasteiger partial charge in [-0.3, -0.25) is 0 Å². The van der Waals surface area contributed by atoms with Gasteiger partial charge in [0.05, 0.1) is 11.8 Å². The van der Waals surface area contributed by atoms with Crippen molar-refractivity contribution in [3.8, 4) is 11.1 Å². The van der Waals surface area contributed by atoms with Gasteiger partial charge in [0, 0.05) is 10.6 Å². The van der Waals surface area contributed by atoms with Crippen molar-refractivity contribution < 1.29 is 8.91 Å². The molecule has 0 aliphatic carbocycles. The van der Waals surface area contributed by atoms with Gasteiger partial charge in [0.25, 0.3) is 0 Å². The first-order valence-electron chi connectivity index (χ1n) is 4.74. The summed E-state index contributed by atoms with van der Waals surface area (Å²) in [7, 11) is 0. The minimum atomic E-state index is -1.18.